The van der Waals surface area contributed by atoms with Crippen molar-refractivity contribution in [1.29, 1.82) is 0 Å². The van der Waals surface area contributed by atoms with Crippen molar-refractivity contribution in [3.8, 4) is 0 Å². The number of ether oxygens (including phenoxy) is 1. The van der Waals surface area contributed by atoms with Gasteiger partial charge in [-0.25, -0.2) is 4.79 Å². The molecular formula is C17H14O2S2. The Morgan fingerprint density at radius 1 is 1.14 bits per heavy atom. The molecule has 0 saturated carbocycles. The number of hydrogen-bond acceptors (Lipinski definition) is 4. The first-order valence-corrected chi connectivity index (χ1v) is 8.21. The highest BCUT2D eigenvalue weighted by Crippen LogP contribution is 2.39. The van der Waals surface area contributed by atoms with Crippen molar-refractivity contribution < 1.29 is 9.53 Å². The summed E-state index contributed by atoms with van der Waals surface area (Å²) in [4.78, 5) is 13.9. The summed E-state index contributed by atoms with van der Waals surface area (Å²) in [7, 11) is 1.41. The van der Waals surface area contributed by atoms with Crippen molar-refractivity contribution in [2.45, 2.75) is 16.7 Å². The van der Waals surface area contributed by atoms with Gasteiger partial charge < -0.3 is 4.74 Å². The Labute approximate surface area is 131 Å². The third kappa shape index (κ3) is 2.82. The maximum absolute atomic E-state index is 11.8. The Kier molecular flexibility index (Phi) is 3.99. The minimum atomic E-state index is -0.298. The second-order valence-electron chi connectivity index (χ2n) is 4.69. The summed E-state index contributed by atoms with van der Waals surface area (Å²) in [6.45, 7) is 2.10. The fraction of sp³-hybridized carbons (Fsp3) is 0.118. The fourth-order valence-electron chi connectivity index (χ4n) is 2.14. The lowest BCUT2D eigenvalue weighted by atomic mass is 10.2. The quantitative estimate of drug-likeness (QED) is 0.626. The third-order valence-corrected chi connectivity index (χ3v) is 5.44. The molecule has 0 bridgehead atoms. The highest BCUT2D eigenvalue weighted by Gasteiger charge is 2.14. The number of hydrogen-bond donors (Lipinski definition) is 0. The van der Waals surface area contributed by atoms with Crippen molar-refractivity contribution in [1.82, 2.24) is 0 Å². The van der Waals surface area contributed by atoms with Crippen LogP contribution in [-0.2, 0) is 4.74 Å². The van der Waals surface area contributed by atoms with E-state index in [1.165, 1.54) is 27.7 Å². The summed E-state index contributed by atoms with van der Waals surface area (Å²) in [5, 5.41) is 3.37. The van der Waals surface area contributed by atoms with E-state index in [0.717, 1.165) is 4.90 Å². The first kappa shape index (κ1) is 14.2. The zero-order chi connectivity index (χ0) is 14.8. The molecule has 1 heterocycles. The molecule has 0 spiro atoms. The zero-order valence-electron chi connectivity index (χ0n) is 11.8. The summed E-state index contributed by atoms with van der Waals surface area (Å²) in [6, 6.07) is 14.0. The van der Waals surface area contributed by atoms with E-state index in [4.69, 9.17) is 4.74 Å². The molecule has 3 aromatic rings. The molecule has 21 heavy (non-hydrogen) atoms. The highest BCUT2D eigenvalue weighted by atomic mass is 32.2. The van der Waals surface area contributed by atoms with Crippen LogP contribution in [0.2, 0.25) is 0 Å². The van der Waals surface area contributed by atoms with E-state index in [0.29, 0.717) is 5.56 Å². The summed E-state index contributed by atoms with van der Waals surface area (Å²) >= 11 is 3.34. The van der Waals surface area contributed by atoms with Gasteiger partial charge in [0.1, 0.15) is 0 Å². The summed E-state index contributed by atoms with van der Waals surface area (Å²) < 4.78 is 6.12. The fourth-order valence-corrected chi connectivity index (χ4v) is 4.40. The van der Waals surface area contributed by atoms with E-state index in [9.17, 15) is 4.79 Å². The van der Waals surface area contributed by atoms with Crippen LogP contribution in [-0.4, -0.2) is 13.1 Å². The average Bonchev–Trinajstić information content (AvgIpc) is 2.89. The van der Waals surface area contributed by atoms with E-state index < -0.39 is 0 Å². The molecule has 0 amide bonds. The molecule has 106 valence electrons. The average molecular weight is 314 g/mol. The third-order valence-electron chi connectivity index (χ3n) is 3.21. The SMILES string of the molecule is COC(=O)c1ccccc1Sc1csc2cc(C)ccc12. The molecule has 0 aliphatic heterocycles. The Bertz CT molecular complexity index is 805. The number of methoxy groups -OCH3 is 1. The van der Waals surface area contributed by atoms with E-state index in [1.54, 1.807) is 29.2 Å². The molecule has 0 aliphatic carbocycles. The first-order valence-electron chi connectivity index (χ1n) is 6.52. The minimum Gasteiger partial charge on any atom is -0.465 e. The molecular weight excluding hydrogens is 300 g/mol. The van der Waals surface area contributed by atoms with Crippen LogP contribution in [0.25, 0.3) is 10.1 Å². The Hall–Kier alpha value is -1.78. The lowest BCUT2D eigenvalue weighted by molar-refractivity contribution is 0.0597. The maximum Gasteiger partial charge on any atom is 0.339 e. The van der Waals surface area contributed by atoms with Gasteiger partial charge in [-0.2, -0.15) is 0 Å². The van der Waals surface area contributed by atoms with Crippen LogP contribution in [0.4, 0.5) is 0 Å². The van der Waals surface area contributed by atoms with Crippen LogP contribution in [0.5, 0.6) is 0 Å². The second-order valence-corrected chi connectivity index (χ2v) is 6.68. The van der Waals surface area contributed by atoms with Crippen LogP contribution in [0, 0.1) is 6.92 Å². The van der Waals surface area contributed by atoms with Crippen molar-refractivity contribution >= 4 is 39.2 Å². The van der Waals surface area contributed by atoms with Gasteiger partial charge >= 0.3 is 5.97 Å². The van der Waals surface area contributed by atoms with Gasteiger partial charge in [0.05, 0.1) is 12.7 Å². The number of fused-ring (bicyclic) bond motifs is 1. The van der Waals surface area contributed by atoms with Crippen molar-refractivity contribution in [3.05, 3.63) is 59.0 Å². The Morgan fingerprint density at radius 3 is 2.76 bits per heavy atom. The van der Waals surface area contributed by atoms with Crippen LogP contribution >= 0.6 is 23.1 Å². The van der Waals surface area contributed by atoms with Gasteiger partial charge in [-0.15, -0.1) is 11.3 Å². The number of benzene rings is 2. The lowest BCUT2D eigenvalue weighted by Crippen LogP contribution is -2.02. The van der Waals surface area contributed by atoms with Gasteiger partial charge in [0.15, 0.2) is 0 Å². The smallest absolute Gasteiger partial charge is 0.339 e. The zero-order valence-corrected chi connectivity index (χ0v) is 13.4. The van der Waals surface area contributed by atoms with E-state index in [1.807, 2.05) is 18.2 Å². The van der Waals surface area contributed by atoms with Gasteiger partial charge in [-0.1, -0.05) is 36.0 Å². The molecule has 1 aromatic heterocycles. The molecule has 2 nitrogen and oxygen atoms in total. The second kappa shape index (κ2) is 5.92. The standard InChI is InChI=1S/C17H14O2S2/c1-11-7-8-12-15(9-11)20-10-16(12)21-14-6-4-3-5-13(14)17(18)19-2/h3-10H,1-2H3. The number of carbonyl (C=O) groups is 1. The van der Waals surface area contributed by atoms with E-state index in [-0.39, 0.29) is 5.97 Å². The number of aryl methyl sites for hydroxylation is 1. The molecule has 3 rings (SSSR count). The normalized spacial score (nSPS) is 10.8. The summed E-state index contributed by atoms with van der Waals surface area (Å²) in [5.74, 6) is -0.298. The Balaban J connectivity index is 2.01. The molecule has 2 aromatic carbocycles. The molecule has 0 saturated heterocycles. The molecule has 0 radical (unpaired) electrons. The molecule has 0 fully saturated rings. The van der Waals surface area contributed by atoms with Gasteiger partial charge in [-0.05, 0) is 30.7 Å². The number of rotatable bonds is 3. The topological polar surface area (TPSA) is 26.3 Å². The van der Waals surface area contributed by atoms with Crippen LogP contribution in [0.3, 0.4) is 0 Å². The number of carbonyl (C=O) groups excluding carboxylic acids is 1. The van der Waals surface area contributed by atoms with E-state index in [2.05, 4.69) is 30.5 Å². The van der Waals surface area contributed by atoms with Crippen molar-refractivity contribution in [2.24, 2.45) is 0 Å². The van der Waals surface area contributed by atoms with Gasteiger partial charge in [-0.3, -0.25) is 0 Å². The van der Waals surface area contributed by atoms with Crippen LogP contribution < -0.4 is 0 Å². The van der Waals surface area contributed by atoms with E-state index >= 15 is 0 Å². The van der Waals surface area contributed by atoms with Crippen LogP contribution in [0.15, 0.2) is 57.6 Å². The molecule has 0 unspecified atom stereocenters. The lowest BCUT2D eigenvalue weighted by Gasteiger charge is -2.06. The predicted octanol–water partition coefficient (Wildman–Crippen LogP) is 5.15. The predicted molar refractivity (Wildman–Crippen MR) is 88.5 cm³/mol. The minimum absolute atomic E-state index is 0.298. The van der Waals surface area contributed by atoms with Crippen molar-refractivity contribution in [2.75, 3.05) is 7.11 Å². The van der Waals surface area contributed by atoms with Crippen LogP contribution in [0.1, 0.15) is 15.9 Å². The molecule has 4 heteroatoms. The van der Waals surface area contributed by atoms with Gasteiger partial charge in [0, 0.05) is 25.3 Å². The molecule has 0 atom stereocenters. The highest BCUT2D eigenvalue weighted by molar-refractivity contribution is 7.99. The Morgan fingerprint density at radius 2 is 1.95 bits per heavy atom. The first-order chi connectivity index (χ1) is 10.2. The summed E-state index contributed by atoms with van der Waals surface area (Å²) in [6.07, 6.45) is 0. The van der Waals surface area contributed by atoms with Crippen molar-refractivity contribution in [3.63, 3.8) is 0 Å². The number of esters is 1. The monoisotopic (exact) mass is 314 g/mol. The largest absolute Gasteiger partial charge is 0.465 e. The van der Waals surface area contributed by atoms with Gasteiger partial charge in [0.2, 0.25) is 0 Å². The molecule has 0 N–H and O–H groups in total. The summed E-state index contributed by atoms with van der Waals surface area (Å²) in [5.41, 5.74) is 1.87. The molecule has 0 aliphatic rings. The number of thiophene rings is 1. The van der Waals surface area contributed by atoms with Gasteiger partial charge in [0.25, 0.3) is 0 Å². The maximum atomic E-state index is 11.8.